The summed E-state index contributed by atoms with van der Waals surface area (Å²) in [5.41, 5.74) is 0.447. The van der Waals surface area contributed by atoms with Gasteiger partial charge in [0.2, 0.25) is 5.13 Å². The van der Waals surface area contributed by atoms with Crippen molar-refractivity contribution in [2.45, 2.75) is 6.92 Å². The molecule has 0 spiro atoms. The molecule has 4 rings (SSSR count). The Hall–Kier alpha value is -3.34. The van der Waals surface area contributed by atoms with E-state index in [4.69, 9.17) is 27.9 Å². The number of hydrogen-bond acceptors (Lipinski definition) is 8. The second-order valence-corrected chi connectivity index (χ2v) is 8.48. The first kappa shape index (κ1) is 21.9. The minimum absolute atomic E-state index is 0.00813. The molecule has 0 aliphatic carbocycles. The second-order valence-electron chi connectivity index (χ2n) is 6.54. The maximum atomic E-state index is 12.7. The van der Waals surface area contributed by atoms with Crippen molar-refractivity contribution in [3.8, 4) is 0 Å². The van der Waals surface area contributed by atoms with Crippen molar-refractivity contribution in [1.29, 1.82) is 0 Å². The lowest BCUT2D eigenvalue weighted by Gasteiger charge is -2.09. The fraction of sp³-hybridized carbons (Fsp3) is 0.100. The van der Waals surface area contributed by atoms with Crippen molar-refractivity contribution in [2.24, 2.45) is 0 Å². The fourth-order valence-corrected chi connectivity index (χ4v) is 3.95. The normalized spacial score (nSPS) is 12.7. The van der Waals surface area contributed by atoms with E-state index < -0.39 is 30.3 Å². The predicted molar refractivity (Wildman–Crippen MR) is 118 cm³/mol. The van der Waals surface area contributed by atoms with E-state index in [1.165, 1.54) is 18.2 Å². The molecule has 0 saturated carbocycles. The average Bonchev–Trinajstić information content (AvgIpc) is 3.30. The van der Waals surface area contributed by atoms with Crippen LogP contribution in [0.2, 0.25) is 10.0 Å². The van der Waals surface area contributed by atoms with Crippen LogP contribution in [0.4, 0.5) is 10.8 Å². The number of anilines is 2. The second kappa shape index (κ2) is 8.65. The summed E-state index contributed by atoms with van der Waals surface area (Å²) in [6.45, 7) is 1.10. The molecule has 0 unspecified atom stereocenters. The number of aryl methyl sites for hydroxylation is 1. The first-order chi connectivity index (χ1) is 15.3. The average molecular weight is 491 g/mol. The smallest absolute Gasteiger partial charge is 0.338 e. The van der Waals surface area contributed by atoms with Crippen molar-refractivity contribution in [1.82, 2.24) is 10.2 Å². The van der Waals surface area contributed by atoms with Crippen molar-refractivity contribution in [3.63, 3.8) is 0 Å². The number of esters is 1. The molecule has 0 bridgehead atoms. The first-order valence-corrected chi connectivity index (χ1v) is 10.6. The number of rotatable bonds is 5. The Balaban J connectivity index is 1.44. The number of halogens is 2. The van der Waals surface area contributed by atoms with Crippen LogP contribution in [0.3, 0.4) is 0 Å². The van der Waals surface area contributed by atoms with Crippen LogP contribution in [-0.4, -0.2) is 40.5 Å². The molecule has 32 heavy (non-hydrogen) atoms. The van der Waals surface area contributed by atoms with Crippen molar-refractivity contribution >= 4 is 69.0 Å². The first-order valence-electron chi connectivity index (χ1n) is 9.00. The van der Waals surface area contributed by atoms with Gasteiger partial charge in [-0.05, 0) is 37.3 Å². The molecule has 3 aromatic rings. The van der Waals surface area contributed by atoms with Crippen LogP contribution in [0, 0.1) is 6.92 Å². The standard InChI is InChI=1S/C20H12Cl2N4O5S/c1-9-24-25-20(32-9)26-17(28)11-6-5-10(7-12(11)18(26)29)19(30)31-8-15(27)23-14-4-2-3-13(21)16(14)22/h2-7H,8H2,1H3,(H,23,27). The Morgan fingerprint density at radius 3 is 2.56 bits per heavy atom. The molecule has 0 atom stereocenters. The molecule has 0 radical (unpaired) electrons. The molecule has 12 heteroatoms. The minimum atomic E-state index is -0.842. The van der Waals surface area contributed by atoms with Gasteiger partial charge in [-0.15, -0.1) is 10.2 Å². The van der Waals surface area contributed by atoms with E-state index in [1.54, 1.807) is 25.1 Å². The Labute approximate surface area is 194 Å². The fourth-order valence-electron chi connectivity index (χ4n) is 2.92. The summed E-state index contributed by atoms with van der Waals surface area (Å²) in [7, 11) is 0. The molecule has 2 heterocycles. The van der Waals surface area contributed by atoms with Crippen LogP contribution < -0.4 is 10.2 Å². The van der Waals surface area contributed by atoms with Gasteiger partial charge >= 0.3 is 5.97 Å². The minimum Gasteiger partial charge on any atom is -0.452 e. The number of amides is 3. The van der Waals surface area contributed by atoms with Gasteiger partial charge in [-0.3, -0.25) is 14.4 Å². The quantitative estimate of drug-likeness (QED) is 0.427. The topological polar surface area (TPSA) is 119 Å². The summed E-state index contributed by atoms with van der Waals surface area (Å²) in [4.78, 5) is 50.7. The monoisotopic (exact) mass is 490 g/mol. The molecule has 1 aliphatic heterocycles. The van der Waals surface area contributed by atoms with E-state index in [2.05, 4.69) is 15.5 Å². The number of nitrogens with one attached hydrogen (secondary N) is 1. The van der Waals surface area contributed by atoms with Gasteiger partial charge in [0.1, 0.15) is 5.01 Å². The number of benzene rings is 2. The van der Waals surface area contributed by atoms with Crippen LogP contribution in [0.15, 0.2) is 36.4 Å². The van der Waals surface area contributed by atoms with Gasteiger partial charge in [-0.2, -0.15) is 0 Å². The third-order valence-corrected chi connectivity index (χ3v) is 6.03. The number of carbonyl (C=O) groups excluding carboxylic acids is 4. The number of carbonyl (C=O) groups is 4. The summed E-state index contributed by atoms with van der Waals surface area (Å²) < 4.78 is 5.01. The summed E-state index contributed by atoms with van der Waals surface area (Å²) in [5.74, 6) is -2.65. The zero-order valence-electron chi connectivity index (χ0n) is 16.2. The molecule has 2 aromatic carbocycles. The van der Waals surface area contributed by atoms with Crippen LogP contribution in [-0.2, 0) is 9.53 Å². The third-order valence-electron chi connectivity index (χ3n) is 4.39. The van der Waals surface area contributed by atoms with E-state index in [1.807, 2.05) is 0 Å². The van der Waals surface area contributed by atoms with Crippen LogP contribution in [0.1, 0.15) is 36.1 Å². The zero-order valence-corrected chi connectivity index (χ0v) is 18.5. The number of imide groups is 1. The lowest BCUT2D eigenvalue weighted by Crippen LogP contribution is -2.29. The Kier molecular flexibility index (Phi) is 5.92. The van der Waals surface area contributed by atoms with Gasteiger partial charge in [0.05, 0.1) is 32.4 Å². The van der Waals surface area contributed by atoms with Crippen LogP contribution >= 0.6 is 34.5 Å². The van der Waals surface area contributed by atoms with E-state index in [-0.39, 0.29) is 37.6 Å². The van der Waals surface area contributed by atoms with Gasteiger partial charge < -0.3 is 10.1 Å². The lowest BCUT2D eigenvalue weighted by atomic mass is 10.1. The molecule has 1 N–H and O–H groups in total. The number of fused-ring (bicyclic) bond motifs is 1. The van der Waals surface area contributed by atoms with Gasteiger partial charge in [-0.25, -0.2) is 9.69 Å². The molecule has 1 aliphatic rings. The van der Waals surface area contributed by atoms with Crippen LogP contribution in [0.25, 0.3) is 0 Å². The highest BCUT2D eigenvalue weighted by atomic mass is 35.5. The molecule has 1 aromatic heterocycles. The number of hydrogen-bond donors (Lipinski definition) is 1. The highest BCUT2D eigenvalue weighted by Gasteiger charge is 2.39. The molecule has 0 fully saturated rings. The number of nitrogens with zero attached hydrogens (tertiary/aromatic N) is 3. The molecule has 0 saturated heterocycles. The van der Waals surface area contributed by atoms with Crippen molar-refractivity contribution in [3.05, 3.63) is 68.1 Å². The summed E-state index contributed by atoms with van der Waals surface area (Å²) in [6.07, 6.45) is 0. The van der Waals surface area contributed by atoms with E-state index in [9.17, 15) is 19.2 Å². The summed E-state index contributed by atoms with van der Waals surface area (Å²) in [6, 6.07) is 8.65. The Morgan fingerprint density at radius 2 is 1.84 bits per heavy atom. The highest BCUT2D eigenvalue weighted by molar-refractivity contribution is 7.15. The predicted octanol–water partition coefficient (Wildman–Crippen LogP) is 3.75. The van der Waals surface area contributed by atoms with Gasteiger partial charge in [-0.1, -0.05) is 40.6 Å². The maximum absolute atomic E-state index is 12.7. The summed E-state index contributed by atoms with van der Waals surface area (Å²) >= 11 is 13.0. The van der Waals surface area contributed by atoms with Gasteiger partial charge in [0.15, 0.2) is 6.61 Å². The zero-order chi connectivity index (χ0) is 23.0. The van der Waals surface area contributed by atoms with Crippen molar-refractivity contribution < 1.29 is 23.9 Å². The summed E-state index contributed by atoms with van der Waals surface area (Å²) in [5, 5.41) is 11.3. The Morgan fingerprint density at radius 1 is 1.09 bits per heavy atom. The number of ether oxygens (including phenoxy) is 1. The molecular formula is C20H12Cl2N4O5S. The van der Waals surface area contributed by atoms with E-state index in [0.717, 1.165) is 16.2 Å². The molecule has 3 amide bonds. The largest absolute Gasteiger partial charge is 0.452 e. The molecule has 162 valence electrons. The van der Waals surface area contributed by atoms with Gasteiger partial charge in [0.25, 0.3) is 17.7 Å². The van der Waals surface area contributed by atoms with Crippen molar-refractivity contribution in [2.75, 3.05) is 16.8 Å². The Bertz CT molecular complexity index is 1290. The van der Waals surface area contributed by atoms with E-state index >= 15 is 0 Å². The molecule has 9 nitrogen and oxygen atoms in total. The SMILES string of the molecule is Cc1nnc(N2C(=O)c3ccc(C(=O)OCC(=O)Nc4cccc(Cl)c4Cl)cc3C2=O)s1. The lowest BCUT2D eigenvalue weighted by molar-refractivity contribution is -0.119. The number of aromatic nitrogens is 2. The van der Waals surface area contributed by atoms with E-state index in [0.29, 0.717) is 5.01 Å². The van der Waals surface area contributed by atoms with Crippen LogP contribution in [0.5, 0.6) is 0 Å². The molecular weight excluding hydrogens is 479 g/mol. The highest BCUT2D eigenvalue weighted by Crippen LogP contribution is 2.31. The third kappa shape index (κ3) is 4.07. The van der Waals surface area contributed by atoms with Gasteiger partial charge in [0, 0.05) is 0 Å². The maximum Gasteiger partial charge on any atom is 0.338 e.